The number of hydrogen-bond acceptors (Lipinski definition) is 5. The van der Waals surface area contributed by atoms with Gasteiger partial charge in [0.15, 0.2) is 0 Å². The molecule has 1 saturated heterocycles. The molecule has 2 heterocycles. The number of rotatable bonds is 6. The first kappa shape index (κ1) is 16.8. The molecule has 0 atom stereocenters. The molecule has 2 N–H and O–H groups in total. The number of aliphatic hydroxyl groups excluding tert-OH is 1. The van der Waals surface area contributed by atoms with Crippen LogP contribution in [0.4, 0.5) is 0 Å². The van der Waals surface area contributed by atoms with Crippen LogP contribution in [0.2, 0.25) is 0 Å². The smallest absolute Gasteiger partial charge is 0.137 e. The van der Waals surface area contributed by atoms with Crippen molar-refractivity contribution in [3.05, 3.63) is 29.6 Å². The van der Waals surface area contributed by atoms with E-state index in [1.807, 2.05) is 19.2 Å². The molecule has 1 aromatic heterocycles. The Hall–Kier alpha value is -1.59. The average molecular weight is 305 g/mol. The van der Waals surface area contributed by atoms with Crippen LogP contribution in [0.15, 0.2) is 18.3 Å². The number of nitrogens with zero attached hydrogens (tertiary/aromatic N) is 3. The summed E-state index contributed by atoms with van der Waals surface area (Å²) < 4.78 is 0. The van der Waals surface area contributed by atoms with Crippen molar-refractivity contribution in [3.8, 4) is 5.75 Å². The zero-order chi connectivity index (χ0) is 15.9. The van der Waals surface area contributed by atoms with Gasteiger partial charge in [0, 0.05) is 50.2 Å². The zero-order valence-corrected chi connectivity index (χ0v) is 13.6. The van der Waals surface area contributed by atoms with Crippen LogP contribution in [0.1, 0.15) is 31.5 Å². The highest BCUT2D eigenvalue weighted by Gasteiger charge is 2.19. The summed E-state index contributed by atoms with van der Waals surface area (Å²) in [5.74, 6) is 0.252. The first-order chi connectivity index (χ1) is 10.7. The molecule has 122 valence electrons. The van der Waals surface area contributed by atoms with Crippen LogP contribution in [0.5, 0.6) is 5.75 Å². The van der Waals surface area contributed by atoms with E-state index in [0.717, 1.165) is 56.1 Å². The first-order valence-electron chi connectivity index (χ1n) is 8.16. The molecule has 0 unspecified atom stereocenters. The van der Waals surface area contributed by atoms with E-state index in [0.29, 0.717) is 6.42 Å². The largest absolute Gasteiger partial charge is 0.506 e. The van der Waals surface area contributed by atoms with Crippen molar-refractivity contribution in [3.63, 3.8) is 0 Å². The first-order valence-corrected chi connectivity index (χ1v) is 8.16. The maximum absolute atomic E-state index is 10.1. The Labute approximate surface area is 132 Å². The third-order valence-electron chi connectivity index (χ3n) is 4.20. The fourth-order valence-electron chi connectivity index (χ4n) is 2.83. The Morgan fingerprint density at radius 2 is 2.00 bits per heavy atom. The molecular weight excluding hydrogens is 278 g/mol. The highest BCUT2D eigenvalue weighted by molar-refractivity contribution is 5.65. The molecule has 1 fully saturated rings. The van der Waals surface area contributed by atoms with Gasteiger partial charge in [0.25, 0.3) is 0 Å². The highest BCUT2D eigenvalue weighted by atomic mass is 16.3. The molecular formula is C17H27N3O2. The number of likely N-dealkylation sites (N-methyl/N-ethyl adjacent to an activating group) is 1. The minimum Gasteiger partial charge on any atom is -0.506 e. The molecule has 0 amide bonds. The van der Waals surface area contributed by atoms with Crippen molar-refractivity contribution in [2.24, 2.45) is 0 Å². The quantitative estimate of drug-likeness (QED) is 0.838. The van der Waals surface area contributed by atoms with Crippen LogP contribution >= 0.6 is 0 Å². The Bertz CT molecular complexity index is 509. The summed E-state index contributed by atoms with van der Waals surface area (Å²) in [6.45, 7) is 9.38. The van der Waals surface area contributed by atoms with Crippen LogP contribution in [-0.2, 0) is 6.42 Å². The van der Waals surface area contributed by atoms with Gasteiger partial charge in [-0.3, -0.25) is 4.98 Å². The maximum atomic E-state index is 10.1. The zero-order valence-electron chi connectivity index (χ0n) is 13.6. The number of aromatic nitrogens is 1. The molecule has 5 nitrogen and oxygen atoms in total. The lowest BCUT2D eigenvalue weighted by Gasteiger charge is -2.37. The summed E-state index contributed by atoms with van der Waals surface area (Å²) in [6.07, 6.45) is 5.20. The fraction of sp³-hybridized carbons (Fsp3) is 0.588. The van der Waals surface area contributed by atoms with Crippen LogP contribution in [0.25, 0.3) is 5.70 Å². The van der Waals surface area contributed by atoms with E-state index >= 15 is 0 Å². The van der Waals surface area contributed by atoms with Crippen LogP contribution in [0.3, 0.4) is 0 Å². The van der Waals surface area contributed by atoms with Gasteiger partial charge in [-0.05, 0) is 25.5 Å². The van der Waals surface area contributed by atoms with Crippen LogP contribution < -0.4 is 0 Å². The van der Waals surface area contributed by atoms with Crippen molar-refractivity contribution in [1.29, 1.82) is 0 Å². The van der Waals surface area contributed by atoms with E-state index in [2.05, 4.69) is 21.7 Å². The summed E-state index contributed by atoms with van der Waals surface area (Å²) in [5.41, 5.74) is 2.71. The minimum atomic E-state index is 0.130. The van der Waals surface area contributed by atoms with Crippen molar-refractivity contribution >= 4 is 5.70 Å². The Balaban J connectivity index is 2.21. The predicted molar refractivity (Wildman–Crippen MR) is 88.6 cm³/mol. The molecule has 0 saturated carbocycles. The molecule has 0 aliphatic carbocycles. The van der Waals surface area contributed by atoms with Gasteiger partial charge in [-0.25, -0.2) is 0 Å². The maximum Gasteiger partial charge on any atom is 0.137 e. The molecule has 2 rings (SSSR count). The Morgan fingerprint density at radius 1 is 1.27 bits per heavy atom. The van der Waals surface area contributed by atoms with E-state index < -0.39 is 0 Å². The average Bonchev–Trinajstić information content (AvgIpc) is 2.56. The molecule has 0 bridgehead atoms. The lowest BCUT2D eigenvalue weighted by Crippen LogP contribution is -2.45. The summed E-state index contributed by atoms with van der Waals surface area (Å²) in [6, 6.07) is 1.79. The number of aryl methyl sites for hydroxylation is 1. The van der Waals surface area contributed by atoms with Gasteiger partial charge >= 0.3 is 0 Å². The standard InChI is InChI=1S/C17H27N3O2/c1-3-15-17(22)12-14(13-18-15)16(6-5-11-21)20-9-7-19(4-2)8-10-20/h6,12-13,21-22H,3-5,7-11H2,1-2H3. The van der Waals surface area contributed by atoms with E-state index in [1.165, 1.54) is 0 Å². The molecule has 1 aliphatic rings. The number of pyridine rings is 1. The topological polar surface area (TPSA) is 59.8 Å². The summed E-state index contributed by atoms with van der Waals surface area (Å²) >= 11 is 0. The third kappa shape index (κ3) is 3.99. The second-order valence-corrected chi connectivity index (χ2v) is 5.57. The molecule has 22 heavy (non-hydrogen) atoms. The summed E-state index contributed by atoms with van der Waals surface area (Å²) in [7, 11) is 0. The SMILES string of the molecule is CCc1ncc(C(=CCCO)N2CCN(CC)CC2)cc1O. The lowest BCUT2D eigenvalue weighted by molar-refractivity contribution is 0.182. The number of aromatic hydroxyl groups is 1. The van der Waals surface area contributed by atoms with Gasteiger partial charge in [0.1, 0.15) is 5.75 Å². The molecule has 1 aromatic rings. The summed E-state index contributed by atoms with van der Waals surface area (Å²) in [4.78, 5) is 9.11. The molecule has 5 heteroatoms. The van der Waals surface area contributed by atoms with Crippen molar-refractivity contribution in [2.45, 2.75) is 26.7 Å². The molecule has 1 aliphatic heterocycles. The minimum absolute atomic E-state index is 0.130. The number of piperazine rings is 1. The molecule has 0 aromatic carbocycles. The number of aliphatic hydroxyl groups is 1. The van der Waals surface area contributed by atoms with Gasteiger partial charge in [-0.1, -0.05) is 19.9 Å². The van der Waals surface area contributed by atoms with Gasteiger partial charge in [0.2, 0.25) is 0 Å². The predicted octanol–water partition coefficient (Wildman–Crippen LogP) is 1.71. The summed E-state index contributed by atoms with van der Waals surface area (Å²) in [5, 5.41) is 19.2. The van der Waals surface area contributed by atoms with Crippen molar-refractivity contribution < 1.29 is 10.2 Å². The second kappa shape index (κ2) is 8.15. The highest BCUT2D eigenvalue weighted by Crippen LogP contribution is 2.25. The van der Waals surface area contributed by atoms with Gasteiger partial charge < -0.3 is 20.0 Å². The van der Waals surface area contributed by atoms with E-state index in [-0.39, 0.29) is 12.4 Å². The van der Waals surface area contributed by atoms with Gasteiger partial charge in [0.05, 0.1) is 5.69 Å². The number of hydrogen-bond donors (Lipinski definition) is 2. The lowest BCUT2D eigenvalue weighted by atomic mass is 10.1. The Kier molecular flexibility index (Phi) is 6.21. The van der Waals surface area contributed by atoms with E-state index in [4.69, 9.17) is 5.11 Å². The normalized spacial score (nSPS) is 17.0. The Morgan fingerprint density at radius 3 is 2.55 bits per heavy atom. The van der Waals surface area contributed by atoms with Crippen molar-refractivity contribution in [1.82, 2.24) is 14.8 Å². The van der Waals surface area contributed by atoms with Gasteiger partial charge in [-0.15, -0.1) is 0 Å². The monoisotopic (exact) mass is 305 g/mol. The second-order valence-electron chi connectivity index (χ2n) is 5.57. The molecule has 0 spiro atoms. The van der Waals surface area contributed by atoms with Crippen molar-refractivity contribution in [2.75, 3.05) is 39.3 Å². The third-order valence-corrected chi connectivity index (χ3v) is 4.20. The molecule has 0 radical (unpaired) electrons. The fourth-order valence-corrected chi connectivity index (χ4v) is 2.83. The van der Waals surface area contributed by atoms with Gasteiger partial charge in [-0.2, -0.15) is 0 Å². The van der Waals surface area contributed by atoms with E-state index in [1.54, 1.807) is 6.07 Å². The van der Waals surface area contributed by atoms with E-state index in [9.17, 15) is 5.11 Å². The van der Waals surface area contributed by atoms with Crippen LogP contribution in [0, 0.1) is 0 Å². The van der Waals surface area contributed by atoms with Crippen LogP contribution in [-0.4, -0.2) is 64.3 Å².